The lowest BCUT2D eigenvalue weighted by molar-refractivity contribution is -0.0633. The molecule has 1 fully saturated rings. The summed E-state index contributed by atoms with van der Waals surface area (Å²) in [4.78, 5) is 0. The summed E-state index contributed by atoms with van der Waals surface area (Å²) in [5.74, 6) is 1.43. The van der Waals surface area contributed by atoms with Crippen LogP contribution in [0.4, 0.5) is 0 Å². The highest BCUT2D eigenvalue weighted by Crippen LogP contribution is 2.30. The van der Waals surface area contributed by atoms with Gasteiger partial charge in [0.25, 0.3) is 0 Å². The van der Waals surface area contributed by atoms with Crippen LogP contribution in [0.3, 0.4) is 0 Å². The number of hydrogen-bond acceptors (Lipinski definition) is 3. The van der Waals surface area contributed by atoms with Gasteiger partial charge in [-0.25, -0.2) is 0 Å². The van der Waals surface area contributed by atoms with Gasteiger partial charge in [0.15, 0.2) is 0 Å². The number of ether oxygens (including phenoxy) is 2. The molecule has 0 spiro atoms. The number of nitrogens with one attached hydrogen (secondary N) is 1. The largest absolute Gasteiger partial charge is 0.376 e. The lowest BCUT2D eigenvalue weighted by atomic mass is 9.78. The van der Waals surface area contributed by atoms with Crippen molar-refractivity contribution in [3.05, 3.63) is 0 Å². The molecule has 3 heteroatoms. The van der Waals surface area contributed by atoms with Gasteiger partial charge in [-0.05, 0) is 45.6 Å². The molecule has 102 valence electrons. The maximum Gasteiger partial charge on any atom is 0.0754 e. The van der Waals surface area contributed by atoms with Crippen molar-refractivity contribution in [1.82, 2.24) is 5.32 Å². The lowest BCUT2D eigenvalue weighted by Gasteiger charge is -2.39. The van der Waals surface area contributed by atoms with Crippen LogP contribution in [0.2, 0.25) is 0 Å². The van der Waals surface area contributed by atoms with E-state index in [1.807, 2.05) is 7.05 Å². The van der Waals surface area contributed by atoms with Crippen LogP contribution in [0.15, 0.2) is 0 Å². The fourth-order valence-corrected chi connectivity index (χ4v) is 2.86. The van der Waals surface area contributed by atoms with Crippen molar-refractivity contribution in [3.63, 3.8) is 0 Å². The predicted octanol–water partition coefficient (Wildman–Crippen LogP) is 2.45. The summed E-state index contributed by atoms with van der Waals surface area (Å²) in [5, 5.41) is 3.40. The normalized spacial score (nSPS) is 34.2. The first-order chi connectivity index (χ1) is 8.04. The molecule has 1 rings (SSSR count). The summed E-state index contributed by atoms with van der Waals surface area (Å²) in [7, 11) is 2.04. The van der Waals surface area contributed by atoms with E-state index >= 15 is 0 Å². The van der Waals surface area contributed by atoms with Gasteiger partial charge in [-0.1, -0.05) is 13.8 Å². The molecule has 0 aromatic carbocycles. The molecule has 1 aliphatic carbocycles. The van der Waals surface area contributed by atoms with E-state index in [4.69, 9.17) is 9.47 Å². The monoisotopic (exact) mass is 243 g/mol. The van der Waals surface area contributed by atoms with Crippen molar-refractivity contribution in [2.75, 3.05) is 20.3 Å². The molecule has 1 aliphatic rings. The molecule has 4 unspecified atom stereocenters. The van der Waals surface area contributed by atoms with Crippen LogP contribution in [0, 0.1) is 11.8 Å². The molecule has 0 heterocycles. The van der Waals surface area contributed by atoms with Gasteiger partial charge < -0.3 is 14.8 Å². The zero-order chi connectivity index (χ0) is 12.8. The van der Waals surface area contributed by atoms with E-state index in [2.05, 4.69) is 33.0 Å². The first-order valence-electron chi connectivity index (χ1n) is 6.95. The van der Waals surface area contributed by atoms with Crippen LogP contribution >= 0.6 is 0 Å². The molecule has 4 atom stereocenters. The maximum absolute atomic E-state index is 6.01. The molecule has 1 saturated carbocycles. The minimum Gasteiger partial charge on any atom is -0.376 e. The smallest absolute Gasteiger partial charge is 0.0754 e. The summed E-state index contributed by atoms with van der Waals surface area (Å²) < 4.78 is 11.5. The number of rotatable bonds is 6. The predicted molar refractivity (Wildman–Crippen MR) is 71.2 cm³/mol. The van der Waals surface area contributed by atoms with Crippen LogP contribution < -0.4 is 5.32 Å². The average Bonchev–Trinajstić information content (AvgIpc) is 2.25. The Hall–Kier alpha value is -0.120. The second-order valence-electron chi connectivity index (χ2n) is 5.70. The summed E-state index contributed by atoms with van der Waals surface area (Å²) in [6, 6.07) is 0.493. The van der Waals surface area contributed by atoms with Crippen LogP contribution in [0.5, 0.6) is 0 Å². The third-order valence-electron chi connectivity index (χ3n) is 3.60. The summed E-state index contributed by atoms with van der Waals surface area (Å²) in [5.41, 5.74) is 0. The SMILES string of the molecule is CNC1CC(C)CC(C)C1OCCOC(C)C. The van der Waals surface area contributed by atoms with Crippen molar-refractivity contribution in [1.29, 1.82) is 0 Å². The topological polar surface area (TPSA) is 30.5 Å². The quantitative estimate of drug-likeness (QED) is 0.727. The first-order valence-corrected chi connectivity index (χ1v) is 6.95. The van der Waals surface area contributed by atoms with Crippen molar-refractivity contribution in [2.45, 2.75) is 58.8 Å². The Morgan fingerprint density at radius 2 is 1.88 bits per heavy atom. The molecule has 0 aliphatic heterocycles. The van der Waals surface area contributed by atoms with Gasteiger partial charge in [-0.3, -0.25) is 0 Å². The first kappa shape index (κ1) is 14.9. The second-order valence-corrected chi connectivity index (χ2v) is 5.70. The molecule has 0 saturated heterocycles. The Balaban J connectivity index is 2.33. The van der Waals surface area contributed by atoms with E-state index in [1.165, 1.54) is 12.8 Å². The van der Waals surface area contributed by atoms with Crippen LogP contribution in [0.25, 0.3) is 0 Å². The molecular weight excluding hydrogens is 214 g/mol. The fourth-order valence-electron chi connectivity index (χ4n) is 2.86. The fraction of sp³-hybridized carbons (Fsp3) is 1.00. The van der Waals surface area contributed by atoms with Crippen LogP contribution in [0.1, 0.15) is 40.5 Å². The van der Waals surface area contributed by atoms with Gasteiger partial charge in [0.05, 0.1) is 25.4 Å². The molecular formula is C14H29NO2. The standard InChI is InChI=1S/C14H29NO2/c1-10(2)16-6-7-17-14-12(4)8-11(3)9-13(14)15-5/h10-15H,6-9H2,1-5H3. The lowest BCUT2D eigenvalue weighted by Crippen LogP contribution is -2.48. The zero-order valence-corrected chi connectivity index (χ0v) is 12.0. The molecule has 0 bridgehead atoms. The molecule has 0 aromatic rings. The number of hydrogen-bond donors (Lipinski definition) is 1. The van der Waals surface area contributed by atoms with E-state index < -0.39 is 0 Å². The van der Waals surface area contributed by atoms with Crippen LogP contribution in [-0.2, 0) is 9.47 Å². The highest BCUT2D eigenvalue weighted by atomic mass is 16.5. The minimum absolute atomic E-state index is 0.294. The van der Waals surface area contributed by atoms with E-state index in [0.29, 0.717) is 37.4 Å². The molecule has 3 nitrogen and oxygen atoms in total. The van der Waals surface area contributed by atoms with Gasteiger partial charge in [0.2, 0.25) is 0 Å². The summed E-state index contributed by atoms with van der Waals surface area (Å²) in [6.45, 7) is 10.2. The Morgan fingerprint density at radius 3 is 2.47 bits per heavy atom. The average molecular weight is 243 g/mol. The van der Waals surface area contributed by atoms with E-state index in [-0.39, 0.29) is 0 Å². The Kier molecular flexibility index (Phi) is 6.45. The maximum atomic E-state index is 6.01. The van der Waals surface area contributed by atoms with Crippen LogP contribution in [-0.4, -0.2) is 38.5 Å². The summed E-state index contributed by atoms with van der Waals surface area (Å²) >= 11 is 0. The van der Waals surface area contributed by atoms with Crippen molar-refractivity contribution < 1.29 is 9.47 Å². The Morgan fingerprint density at radius 1 is 1.18 bits per heavy atom. The van der Waals surface area contributed by atoms with Gasteiger partial charge in [0, 0.05) is 6.04 Å². The second kappa shape index (κ2) is 7.34. The van der Waals surface area contributed by atoms with Gasteiger partial charge in [0.1, 0.15) is 0 Å². The zero-order valence-electron chi connectivity index (χ0n) is 12.0. The number of likely N-dealkylation sites (N-methyl/N-ethyl adjacent to an activating group) is 1. The third kappa shape index (κ3) is 4.94. The molecule has 1 N–H and O–H groups in total. The van der Waals surface area contributed by atoms with Gasteiger partial charge >= 0.3 is 0 Å². The van der Waals surface area contributed by atoms with Crippen molar-refractivity contribution in [2.24, 2.45) is 11.8 Å². The highest BCUT2D eigenvalue weighted by Gasteiger charge is 2.33. The molecule has 0 aromatic heterocycles. The van der Waals surface area contributed by atoms with E-state index in [0.717, 1.165) is 5.92 Å². The third-order valence-corrected chi connectivity index (χ3v) is 3.60. The molecule has 0 amide bonds. The molecule has 0 radical (unpaired) electrons. The van der Waals surface area contributed by atoms with Crippen molar-refractivity contribution in [3.8, 4) is 0 Å². The Labute approximate surface area is 106 Å². The minimum atomic E-state index is 0.294. The van der Waals surface area contributed by atoms with E-state index in [9.17, 15) is 0 Å². The van der Waals surface area contributed by atoms with Gasteiger partial charge in [-0.15, -0.1) is 0 Å². The van der Waals surface area contributed by atoms with Gasteiger partial charge in [-0.2, -0.15) is 0 Å². The van der Waals surface area contributed by atoms with E-state index in [1.54, 1.807) is 0 Å². The Bertz CT molecular complexity index is 208. The van der Waals surface area contributed by atoms with Crippen molar-refractivity contribution >= 4 is 0 Å². The highest BCUT2D eigenvalue weighted by molar-refractivity contribution is 4.87. The summed E-state index contributed by atoms with van der Waals surface area (Å²) in [6.07, 6.45) is 3.12. The molecule has 17 heavy (non-hydrogen) atoms.